The van der Waals surface area contributed by atoms with Crippen LogP contribution in [0.1, 0.15) is 19.8 Å². The van der Waals surface area contributed by atoms with E-state index in [1.165, 1.54) is 11.3 Å². The van der Waals surface area contributed by atoms with Gasteiger partial charge >= 0.3 is 0 Å². The summed E-state index contributed by atoms with van der Waals surface area (Å²) in [5.74, 6) is 0. The van der Waals surface area contributed by atoms with Crippen molar-refractivity contribution in [1.29, 1.82) is 0 Å². The van der Waals surface area contributed by atoms with Crippen LogP contribution >= 0.6 is 11.3 Å². The number of rotatable bonds is 4. The topological polar surface area (TPSA) is 87.9 Å². The summed E-state index contributed by atoms with van der Waals surface area (Å²) in [5, 5.41) is 12.1. The molecule has 78 valence electrons. The minimum absolute atomic E-state index is 0.238. The van der Waals surface area contributed by atoms with Crippen LogP contribution in [0.5, 0.6) is 0 Å². The highest BCUT2D eigenvalue weighted by molar-refractivity contribution is 7.18. The average Bonchev–Trinajstić information content (AvgIpc) is 2.55. The molecule has 14 heavy (non-hydrogen) atoms. The van der Waals surface area contributed by atoms with Crippen LogP contribution in [0.15, 0.2) is 0 Å². The number of hydrogen-bond donors (Lipinski definition) is 4. The molecule has 0 saturated carbocycles. The third-order valence-electron chi connectivity index (χ3n) is 2.15. The first-order chi connectivity index (χ1) is 6.79. The molecule has 1 saturated heterocycles. The Labute approximate surface area is 86.3 Å². The van der Waals surface area contributed by atoms with Crippen LogP contribution < -0.4 is 21.9 Å². The zero-order valence-electron chi connectivity index (χ0n) is 7.95. The summed E-state index contributed by atoms with van der Waals surface area (Å²) in [6.45, 7) is 2.17. The van der Waals surface area contributed by atoms with Gasteiger partial charge in [0.05, 0.1) is 6.04 Å². The molecule has 1 aliphatic rings. The highest BCUT2D eigenvalue weighted by Crippen LogP contribution is 2.19. The number of hydrazine groups is 1. The van der Waals surface area contributed by atoms with Crippen LogP contribution in [-0.4, -0.2) is 22.4 Å². The lowest BCUT2D eigenvalue weighted by Gasteiger charge is -2.39. The smallest absolute Gasteiger partial charge is 0.208 e. The van der Waals surface area contributed by atoms with E-state index < -0.39 is 0 Å². The van der Waals surface area contributed by atoms with Crippen LogP contribution in [0.2, 0.25) is 0 Å². The van der Waals surface area contributed by atoms with Gasteiger partial charge in [-0.3, -0.25) is 0 Å². The van der Waals surface area contributed by atoms with E-state index >= 15 is 0 Å². The molecule has 7 heteroatoms. The molecule has 5 N–H and O–H groups in total. The third kappa shape index (κ3) is 1.94. The summed E-state index contributed by atoms with van der Waals surface area (Å²) in [7, 11) is 0. The summed E-state index contributed by atoms with van der Waals surface area (Å²) in [6.07, 6.45) is 2.54. The molecule has 6 nitrogen and oxygen atoms in total. The second-order valence-corrected chi connectivity index (χ2v) is 4.26. The van der Waals surface area contributed by atoms with E-state index in [2.05, 4.69) is 33.3 Å². The van der Waals surface area contributed by atoms with Crippen LogP contribution in [0.4, 0.5) is 10.3 Å². The second-order valence-electron chi connectivity index (χ2n) is 3.25. The molecule has 0 aliphatic carbocycles. The Morgan fingerprint density at radius 2 is 2.36 bits per heavy atom. The van der Waals surface area contributed by atoms with Crippen molar-refractivity contribution >= 4 is 21.6 Å². The summed E-state index contributed by atoms with van der Waals surface area (Å²) in [5.41, 5.74) is 11.7. The minimum Gasteiger partial charge on any atom is -0.374 e. The zero-order valence-corrected chi connectivity index (χ0v) is 8.77. The average molecular weight is 214 g/mol. The number of nitrogens with zero attached hydrogens (tertiary/aromatic N) is 2. The van der Waals surface area contributed by atoms with E-state index in [0.29, 0.717) is 11.2 Å². The SMILES string of the molecule is CCCC1NN[C@H]1Nc1nnc(N)s1. The third-order valence-corrected chi connectivity index (χ3v) is 2.83. The first kappa shape index (κ1) is 9.63. The molecule has 1 aliphatic heterocycles. The van der Waals surface area contributed by atoms with Gasteiger partial charge in [0.15, 0.2) is 0 Å². The predicted molar refractivity (Wildman–Crippen MR) is 56.7 cm³/mol. The Bertz CT molecular complexity index is 300. The maximum atomic E-state index is 5.48. The molecule has 1 aromatic heterocycles. The van der Waals surface area contributed by atoms with E-state index in [4.69, 9.17) is 5.73 Å². The summed E-state index contributed by atoms with van der Waals surface area (Å²) in [6, 6.07) is 0.463. The predicted octanol–water partition coefficient (Wildman–Crippen LogP) is 0.135. The van der Waals surface area contributed by atoms with E-state index in [0.717, 1.165) is 18.0 Å². The highest BCUT2D eigenvalue weighted by Gasteiger charge is 2.29. The molecular formula is C7H14N6S. The molecule has 1 unspecified atom stereocenters. The molecule has 2 rings (SSSR count). The van der Waals surface area contributed by atoms with Crippen LogP contribution in [0.3, 0.4) is 0 Å². The van der Waals surface area contributed by atoms with E-state index in [1.807, 2.05) is 0 Å². The standard InChI is InChI=1S/C7H14N6S/c1-2-3-4-5(11-10-4)9-7-13-12-6(8)14-7/h4-5,10-11H,2-3H2,1H3,(H2,8,12)(H,9,13)/t4?,5-/m1/s1. The first-order valence-corrected chi connectivity index (χ1v) is 5.48. The van der Waals surface area contributed by atoms with Crippen LogP contribution in [0, 0.1) is 0 Å². The molecule has 0 spiro atoms. The quantitative estimate of drug-likeness (QED) is 0.570. The number of nitrogens with two attached hydrogens (primary N) is 1. The van der Waals surface area contributed by atoms with Gasteiger partial charge in [0, 0.05) is 0 Å². The largest absolute Gasteiger partial charge is 0.374 e. The van der Waals surface area contributed by atoms with E-state index in [1.54, 1.807) is 0 Å². The van der Waals surface area contributed by atoms with Crippen molar-refractivity contribution in [3.8, 4) is 0 Å². The maximum Gasteiger partial charge on any atom is 0.208 e. The lowest BCUT2D eigenvalue weighted by Crippen LogP contribution is -2.70. The van der Waals surface area contributed by atoms with Gasteiger partial charge in [0.2, 0.25) is 10.3 Å². The van der Waals surface area contributed by atoms with E-state index in [-0.39, 0.29) is 6.17 Å². The summed E-state index contributed by atoms with van der Waals surface area (Å²) >= 11 is 1.36. The molecule has 1 aromatic rings. The van der Waals surface area contributed by atoms with Gasteiger partial charge < -0.3 is 11.1 Å². The maximum absolute atomic E-state index is 5.48. The van der Waals surface area contributed by atoms with Gasteiger partial charge in [-0.1, -0.05) is 24.7 Å². The van der Waals surface area contributed by atoms with Crippen molar-refractivity contribution in [3.63, 3.8) is 0 Å². The lowest BCUT2D eigenvalue weighted by atomic mass is 10.1. The molecular weight excluding hydrogens is 200 g/mol. The number of anilines is 2. The Hall–Kier alpha value is -0.920. The fraction of sp³-hybridized carbons (Fsp3) is 0.714. The Balaban J connectivity index is 1.86. The second kappa shape index (κ2) is 4.07. The summed E-state index contributed by atoms with van der Waals surface area (Å²) < 4.78 is 0. The Kier molecular flexibility index (Phi) is 2.80. The zero-order chi connectivity index (χ0) is 9.97. The van der Waals surface area contributed by atoms with Gasteiger partial charge in [-0.2, -0.15) is 0 Å². The van der Waals surface area contributed by atoms with Crippen molar-refractivity contribution in [2.45, 2.75) is 32.0 Å². The van der Waals surface area contributed by atoms with Crippen LogP contribution in [-0.2, 0) is 0 Å². The fourth-order valence-electron chi connectivity index (χ4n) is 1.40. The number of nitrogens with one attached hydrogen (secondary N) is 3. The molecule has 0 aromatic carbocycles. The van der Waals surface area contributed by atoms with Crippen molar-refractivity contribution < 1.29 is 0 Å². The number of aromatic nitrogens is 2. The molecule has 0 bridgehead atoms. The van der Waals surface area contributed by atoms with E-state index in [9.17, 15) is 0 Å². The van der Waals surface area contributed by atoms with Gasteiger partial charge in [-0.05, 0) is 6.42 Å². The van der Waals surface area contributed by atoms with Gasteiger partial charge in [0.1, 0.15) is 6.17 Å². The molecule has 2 atom stereocenters. The van der Waals surface area contributed by atoms with Crippen molar-refractivity contribution in [2.75, 3.05) is 11.1 Å². The fourth-order valence-corrected chi connectivity index (χ4v) is 1.94. The molecule has 0 amide bonds. The van der Waals surface area contributed by atoms with Gasteiger partial charge in [-0.25, -0.2) is 10.9 Å². The molecule has 0 radical (unpaired) electrons. The summed E-state index contributed by atoms with van der Waals surface area (Å²) in [4.78, 5) is 0. The van der Waals surface area contributed by atoms with Gasteiger partial charge in [-0.15, -0.1) is 10.2 Å². The Morgan fingerprint density at radius 3 is 2.86 bits per heavy atom. The minimum atomic E-state index is 0.238. The monoisotopic (exact) mass is 214 g/mol. The highest BCUT2D eigenvalue weighted by atomic mass is 32.1. The lowest BCUT2D eigenvalue weighted by molar-refractivity contribution is 0.209. The first-order valence-electron chi connectivity index (χ1n) is 4.66. The Morgan fingerprint density at radius 1 is 1.50 bits per heavy atom. The van der Waals surface area contributed by atoms with Crippen molar-refractivity contribution in [3.05, 3.63) is 0 Å². The van der Waals surface area contributed by atoms with Gasteiger partial charge in [0.25, 0.3) is 0 Å². The number of nitrogen functional groups attached to an aromatic ring is 1. The van der Waals surface area contributed by atoms with Crippen molar-refractivity contribution in [1.82, 2.24) is 21.0 Å². The van der Waals surface area contributed by atoms with Crippen molar-refractivity contribution in [2.24, 2.45) is 0 Å². The van der Waals surface area contributed by atoms with Crippen LogP contribution in [0.25, 0.3) is 0 Å². The number of hydrogen-bond acceptors (Lipinski definition) is 7. The molecule has 2 heterocycles. The molecule has 1 fully saturated rings. The normalized spacial score (nSPS) is 25.8.